The van der Waals surface area contributed by atoms with Crippen LogP contribution in [0.1, 0.15) is 55.6 Å². The first-order valence-electron chi connectivity index (χ1n) is 8.52. The number of unbranched alkanes of at least 4 members (excludes halogenated alkanes) is 1. The summed E-state index contributed by atoms with van der Waals surface area (Å²) in [7, 11) is 1.77. The van der Waals surface area contributed by atoms with E-state index in [0.717, 1.165) is 32.3 Å². The predicted octanol–water partition coefficient (Wildman–Crippen LogP) is 4.23. The van der Waals surface area contributed by atoms with E-state index in [-0.39, 0.29) is 0 Å². The van der Waals surface area contributed by atoms with E-state index < -0.39 is 0 Å². The Labute approximate surface area is 133 Å². The third-order valence-corrected chi connectivity index (χ3v) is 4.85. The number of hydroxylamine groups is 2. The van der Waals surface area contributed by atoms with E-state index >= 15 is 0 Å². The molecule has 2 aliphatic rings. The number of methoxy groups -OCH3 is 1. The summed E-state index contributed by atoms with van der Waals surface area (Å²) in [4.78, 5) is 0. The zero-order chi connectivity index (χ0) is 15.4. The fourth-order valence-electron chi connectivity index (χ4n) is 3.40. The lowest BCUT2D eigenvalue weighted by atomic mass is 9.80. The number of allylic oxidation sites excluding steroid dienone is 1. The van der Waals surface area contributed by atoms with E-state index in [2.05, 4.69) is 30.3 Å². The van der Waals surface area contributed by atoms with Gasteiger partial charge in [-0.25, -0.2) is 0 Å². The van der Waals surface area contributed by atoms with Crippen LogP contribution in [0.3, 0.4) is 0 Å². The van der Waals surface area contributed by atoms with Crippen LogP contribution < -0.4 is 0 Å². The molecule has 1 aromatic rings. The van der Waals surface area contributed by atoms with Gasteiger partial charge >= 0.3 is 0 Å². The quantitative estimate of drug-likeness (QED) is 0.576. The summed E-state index contributed by atoms with van der Waals surface area (Å²) in [6, 6.07) is 9.12. The van der Waals surface area contributed by atoms with E-state index in [1.165, 1.54) is 34.6 Å². The van der Waals surface area contributed by atoms with Crippen molar-refractivity contribution in [1.29, 1.82) is 0 Å². The smallest absolute Gasteiger partial charge is 0.0494 e. The maximum Gasteiger partial charge on any atom is 0.0494 e. The molecule has 0 amide bonds. The molecule has 0 heterocycles. The van der Waals surface area contributed by atoms with E-state index in [1.54, 1.807) is 7.11 Å². The van der Waals surface area contributed by atoms with Gasteiger partial charge in [-0.05, 0) is 54.7 Å². The number of rotatable bonds is 8. The van der Waals surface area contributed by atoms with Crippen LogP contribution in [-0.4, -0.2) is 36.6 Å². The van der Waals surface area contributed by atoms with E-state index in [9.17, 15) is 5.21 Å². The molecule has 3 nitrogen and oxygen atoms in total. The number of hydrogen-bond donors (Lipinski definition) is 1. The first kappa shape index (κ1) is 15.7. The van der Waals surface area contributed by atoms with Gasteiger partial charge in [-0.2, -0.15) is 5.06 Å². The number of nitrogens with zero attached hydrogens (tertiary/aromatic N) is 1. The van der Waals surface area contributed by atoms with Gasteiger partial charge in [-0.3, -0.25) is 0 Å². The third kappa shape index (κ3) is 3.78. The summed E-state index contributed by atoms with van der Waals surface area (Å²) in [5.41, 5.74) is 4.09. The van der Waals surface area contributed by atoms with Gasteiger partial charge in [0, 0.05) is 26.3 Å². The number of ether oxygens (including phenoxy) is 1. The topological polar surface area (TPSA) is 32.7 Å². The lowest BCUT2D eigenvalue weighted by molar-refractivity contribution is -0.0867. The molecule has 1 saturated carbocycles. The summed E-state index contributed by atoms with van der Waals surface area (Å²) in [6.45, 7) is 1.52. The number of hydrogen-bond acceptors (Lipinski definition) is 3. The highest BCUT2D eigenvalue weighted by Gasteiger charge is 2.30. The summed E-state index contributed by atoms with van der Waals surface area (Å²) in [5.74, 6) is 0.616. The Morgan fingerprint density at radius 1 is 1.23 bits per heavy atom. The first-order valence-corrected chi connectivity index (χ1v) is 8.52. The molecule has 1 aromatic carbocycles. The first-order chi connectivity index (χ1) is 10.8. The van der Waals surface area contributed by atoms with Gasteiger partial charge in [0.05, 0.1) is 0 Å². The molecule has 1 atom stereocenters. The Kier molecular flexibility index (Phi) is 5.29. The maximum absolute atomic E-state index is 10.1. The number of benzene rings is 1. The molecule has 0 radical (unpaired) electrons. The second-order valence-corrected chi connectivity index (χ2v) is 6.57. The highest BCUT2D eigenvalue weighted by atomic mass is 16.5. The van der Waals surface area contributed by atoms with Gasteiger partial charge in [0.15, 0.2) is 0 Å². The second-order valence-electron chi connectivity index (χ2n) is 6.57. The van der Waals surface area contributed by atoms with E-state index in [1.807, 2.05) is 0 Å². The molecule has 0 bridgehead atoms. The largest absolute Gasteiger partial charge is 0.385 e. The minimum absolute atomic E-state index is 0.389. The van der Waals surface area contributed by atoms with Gasteiger partial charge in [0.1, 0.15) is 0 Å². The Bertz CT molecular complexity index is 522. The molecule has 22 heavy (non-hydrogen) atoms. The lowest BCUT2D eigenvalue weighted by Gasteiger charge is -2.27. The van der Waals surface area contributed by atoms with Crippen molar-refractivity contribution in [1.82, 2.24) is 5.06 Å². The average Bonchev–Trinajstić information content (AvgIpc) is 3.38. The summed E-state index contributed by atoms with van der Waals surface area (Å²) < 4.78 is 5.14. The van der Waals surface area contributed by atoms with Crippen molar-refractivity contribution in [2.75, 3.05) is 20.3 Å². The molecule has 2 aliphatic carbocycles. The SMILES string of the molecule is COCCCC[C@H]1CC=C(CN(O)C2CC2)c2ccccc21. The minimum Gasteiger partial charge on any atom is -0.385 e. The van der Waals surface area contributed by atoms with E-state index in [0.29, 0.717) is 18.5 Å². The van der Waals surface area contributed by atoms with Gasteiger partial charge in [-0.15, -0.1) is 0 Å². The molecule has 0 unspecified atom stereocenters. The molecular formula is C19H27NO2. The van der Waals surface area contributed by atoms with E-state index in [4.69, 9.17) is 4.74 Å². The second kappa shape index (κ2) is 7.40. The molecule has 3 heteroatoms. The molecule has 1 fully saturated rings. The highest BCUT2D eigenvalue weighted by molar-refractivity contribution is 5.72. The zero-order valence-electron chi connectivity index (χ0n) is 13.5. The van der Waals surface area contributed by atoms with Gasteiger partial charge in [-0.1, -0.05) is 36.8 Å². The van der Waals surface area contributed by atoms with Crippen LogP contribution >= 0.6 is 0 Å². The molecule has 3 rings (SSSR count). The number of fused-ring (bicyclic) bond motifs is 1. The van der Waals surface area contributed by atoms with Crippen molar-refractivity contribution in [3.8, 4) is 0 Å². The van der Waals surface area contributed by atoms with Gasteiger partial charge in [0.2, 0.25) is 0 Å². The Balaban J connectivity index is 1.67. The Morgan fingerprint density at radius 3 is 2.82 bits per heavy atom. The van der Waals surface area contributed by atoms with Crippen molar-refractivity contribution in [2.45, 2.75) is 50.5 Å². The minimum atomic E-state index is 0.389. The van der Waals surface area contributed by atoms with Crippen molar-refractivity contribution < 1.29 is 9.94 Å². The average molecular weight is 301 g/mol. The van der Waals surface area contributed by atoms with Gasteiger partial charge < -0.3 is 9.94 Å². The monoisotopic (exact) mass is 301 g/mol. The van der Waals surface area contributed by atoms with Crippen LogP contribution in [0.5, 0.6) is 0 Å². The molecule has 0 saturated heterocycles. The Morgan fingerprint density at radius 2 is 2.05 bits per heavy atom. The summed E-state index contributed by atoms with van der Waals surface area (Å²) in [5, 5.41) is 11.6. The standard InChI is InChI=1S/C19H27NO2/c1-22-13-5-4-6-15-9-10-16(14-20(21)17-11-12-17)19-8-3-2-7-18(15)19/h2-3,7-8,10,15,17,21H,4-6,9,11-14H2,1H3/t15-/m0/s1. The van der Waals surface area contributed by atoms with Crippen LogP contribution in [0.2, 0.25) is 0 Å². The molecule has 0 spiro atoms. The van der Waals surface area contributed by atoms with Crippen molar-refractivity contribution in [2.24, 2.45) is 0 Å². The highest BCUT2D eigenvalue weighted by Crippen LogP contribution is 2.38. The molecule has 1 N–H and O–H groups in total. The van der Waals surface area contributed by atoms with Crippen LogP contribution in [-0.2, 0) is 4.74 Å². The fourth-order valence-corrected chi connectivity index (χ4v) is 3.40. The molecular weight excluding hydrogens is 274 g/mol. The summed E-state index contributed by atoms with van der Waals surface area (Å²) in [6.07, 6.45) is 9.27. The molecule has 0 aliphatic heterocycles. The normalized spacial score (nSPS) is 20.9. The van der Waals surface area contributed by atoms with Crippen molar-refractivity contribution in [3.63, 3.8) is 0 Å². The van der Waals surface area contributed by atoms with Gasteiger partial charge in [0.25, 0.3) is 0 Å². The summed E-state index contributed by atoms with van der Waals surface area (Å²) >= 11 is 0. The third-order valence-electron chi connectivity index (χ3n) is 4.85. The Hall–Kier alpha value is -1.16. The van der Waals surface area contributed by atoms with Crippen LogP contribution in [0, 0.1) is 0 Å². The van der Waals surface area contributed by atoms with Crippen LogP contribution in [0.25, 0.3) is 5.57 Å². The molecule has 0 aromatic heterocycles. The lowest BCUT2D eigenvalue weighted by Crippen LogP contribution is -2.25. The van der Waals surface area contributed by atoms with Crippen molar-refractivity contribution >= 4 is 5.57 Å². The van der Waals surface area contributed by atoms with Crippen molar-refractivity contribution in [3.05, 3.63) is 41.5 Å². The van der Waals surface area contributed by atoms with Crippen LogP contribution in [0.15, 0.2) is 30.3 Å². The molecule has 120 valence electrons. The zero-order valence-corrected chi connectivity index (χ0v) is 13.5. The maximum atomic E-state index is 10.1. The fraction of sp³-hybridized carbons (Fsp3) is 0.579. The predicted molar refractivity (Wildman–Crippen MR) is 89.0 cm³/mol. The van der Waals surface area contributed by atoms with Crippen LogP contribution in [0.4, 0.5) is 0 Å².